The number of piperazine rings is 1. The zero-order valence-electron chi connectivity index (χ0n) is 13.4. The summed E-state index contributed by atoms with van der Waals surface area (Å²) in [4.78, 5) is 2.58. The smallest absolute Gasteiger partial charge is 0.0593 e. The first-order valence-electron chi connectivity index (χ1n) is 7.50. The molecule has 1 aliphatic heterocycles. The van der Waals surface area contributed by atoms with Crippen LogP contribution in [0.1, 0.15) is 40.5 Å². The molecule has 0 aromatic carbocycles. The van der Waals surface area contributed by atoms with Gasteiger partial charge in [0, 0.05) is 51.0 Å². The molecule has 4 heteroatoms. The van der Waals surface area contributed by atoms with Gasteiger partial charge in [-0.05, 0) is 33.6 Å². The van der Waals surface area contributed by atoms with Crippen molar-refractivity contribution in [2.75, 3.05) is 46.6 Å². The number of hydrogen-bond acceptors (Lipinski definition) is 4. The summed E-state index contributed by atoms with van der Waals surface area (Å²) in [6.45, 7) is 14.7. The predicted octanol–water partition coefficient (Wildman–Crippen LogP) is 1.89. The lowest BCUT2D eigenvalue weighted by Gasteiger charge is -2.51. The van der Waals surface area contributed by atoms with Gasteiger partial charge >= 0.3 is 0 Å². The quantitative estimate of drug-likeness (QED) is 0.684. The Labute approximate surface area is 118 Å². The van der Waals surface area contributed by atoms with Crippen LogP contribution in [0.15, 0.2) is 0 Å². The third kappa shape index (κ3) is 5.38. The van der Waals surface area contributed by atoms with Crippen molar-refractivity contribution in [3.05, 3.63) is 0 Å². The molecule has 0 aromatic rings. The summed E-state index contributed by atoms with van der Waals surface area (Å²) in [6.07, 6.45) is 2.15. The first-order chi connectivity index (χ1) is 8.93. The minimum Gasteiger partial charge on any atom is -0.385 e. The standard InChI is InChI=1S/C15H32N2O2/c1-6-15(4)12-16-14(2,3)13-17(15)8-11-19-10-7-9-18-5/h16H,6-13H2,1-5H3. The lowest BCUT2D eigenvalue weighted by Crippen LogP contribution is -2.67. The summed E-state index contributed by atoms with van der Waals surface area (Å²) in [7, 11) is 1.73. The molecule has 1 saturated heterocycles. The molecule has 0 bridgehead atoms. The van der Waals surface area contributed by atoms with Crippen molar-refractivity contribution in [1.82, 2.24) is 10.2 Å². The maximum atomic E-state index is 5.70. The average Bonchev–Trinajstić information content (AvgIpc) is 2.37. The first-order valence-corrected chi connectivity index (χ1v) is 7.50. The van der Waals surface area contributed by atoms with Crippen molar-refractivity contribution in [3.8, 4) is 0 Å². The number of hydrogen-bond donors (Lipinski definition) is 1. The summed E-state index contributed by atoms with van der Waals surface area (Å²) in [5.41, 5.74) is 0.455. The van der Waals surface area contributed by atoms with Crippen molar-refractivity contribution >= 4 is 0 Å². The van der Waals surface area contributed by atoms with E-state index in [4.69, 9.17) is 9.47 Å². The number of nitrogens with zero attached hydrogens (tertiary/aromatic N) is 1. The minimum absolute atomic E-state index is 0.199. The van der Waals surface area contributed by atoms with Gasteiger partial charge in [-0.1, -0.05) is 6.92 Å². The number of nitrogens with one attached hydrogen (secondary N) is 1. The van der Waals surface area contributed by atoms with Gasteiger partial charge in [0.25, 0.3) is 0 Å². The van der Waals surface area contributed by atoms with E-state index < -0.39 is 0 Å². The summed E-state index contributed by atoms with van der Waals surface area (Å²) >= 11 is 0. The van der Waals surface area contributed by atoms with E-state index in [-0.39, 0.29) is 11.1 Å². The van der Waals surface area contributed by atoms with Crippen LogP contribution in [-0.4, -0.2) is 62.5 Å². The highest BCUT2D eigenvalue weighted by molar-refractivity contribution is 4.99. The minimum atomic E-state index is 0.199. The summed E-state index contributed by atoms with van der Waals surface area (Å²) in [5.74, 6) is 0. The highest BCUT2D eigenvalue weighted by Crippen LogP contribution is 2.26. The molecule has 0 spiro atoms. The average molecular weight is 272 g/mol. The molecule has 1 rings (SSSR count). The van der Waals surface area contributed by atoms with E-state index in [0.29, 0.717) is 0 Å². The van der Waals surface area contributed by atoms with E-state index in [1.807, 2.05) is 0 Å². The van der Waals surface area contributed by atoms with Gasteiger partial charge in [-0.15, -0.1) is 0 Å². The molecule has 1 fully saturated rings. The molecule has 114 valence electrons. The number of methoxy groups -OCH3 is 1. The molecule has 1 unspecified atom stereocenters. The van der Waals surface area contributed by atoms with E-state index in [9.17, 15) is 0 Å². The van der Waals surface area contributed by atoms with Gasteiger partial charge in [0.15, 0.2) is 0 Å². The van der Waals surface area contributed by atoms with Crippen LogP contribution >= 0.6 is 0 Å². The molecular weight excluding hydrogens is 240 g/mol. The zero-order valence-corrected chi connectivity index (χ0v) is 13.4. The molecule has 1 aliphatic rings. The van der Waals surface area contributed by atoms with Gasteiger partial charge in [0.05, 0.1) is 6.61 Å². The Balaban J connectivity index is 2.34. The maximum Gasteiger partial charge on any atom is 0.0593 e. The van der Waals surface area contributed by atoms with Gasteiger partial charge in [-0.3, -0.25) is 4.90 Å². The summed E-state index contributed by atoms with van der Waals surface area (Å²) in [5, 5.41) is 3.65. The molecule has 4 nitrogen and oxygen atoms in total. The third-order valence-electron chi connectivity index (χ3n) is 4.20. The molecule has 0 saturated carbocycles. The molecule has 1 atom stereocenters. The second kappa shape index (κ2) is 7.58. The molecule has 1 heterocycles. The highest BCUT2D eigenvalue weighted by atomic mass is 16.5. The van der Waals surface area contributed by atoms with Crippen LogP contribution in [-0.2, 0) is 9.47 Å². The van der Waals surface area contributed by atoms with Gasteiger partial charge in [0.2, 0.25) is 0 Å². The predicted molar refractivity (Wildman–Crippen MR) is 79.7 cm³/mol. The molecular formula is C15H32N2O2. The topological polar surface area (TPSA) is 33.7 Å². The third-order valence-corrected chi connectivity index (χ3v) is 4.20. The molecule has 0 radical (unpaired) electrons. The zero-order chi connectivity index (χ0) is 14.4. The van der Waals surface area contributed by atoms with E-state index in [0.717, 1.165) is 45.9 Å². The lowest BCUT2D eigenvalue weighted by molar-refractivity contribution is -0.00240. The Morgan fingerprint density at radius 3 is 2.53 bits per heavy atom. The Hall–Kier alpha value is -0.160. The van der Waals surface area contributed by atoms with Crippen LogP contribution in [0.2, 0.25) is 0 Å². The monoisotopic (exact) mass is 272 g/mol. The Bertz CT molecular complexity index is 259. The number of ether oxygens (including phenoxy) is 2. The van der Waals surface area contributed by atoms with Crippen LogP contribution in [0.4, 0.5) is 0 Å². The number of rotatable bonds is 8. The molecule has 0 aromatic heterocycles. The van der Waals surface area contributed by atoms with Gasteiger partial charge < -0.3 is 14.8 Å². The lowest BCUT2D eigenvalue weighted by atomic mass is 9.88. The summed E-state index contributed by atoms with van der Waals surface area (Å²) < 4.78 is 10.7. The Morgan fingerprint density at radius 2 is 1.89 bits per heavy atom. The van der Waals surface area contributed by atoms with Crippen LogP contribution in [0.5, 0.6) is 0 Å². The van der Waals surface area contributed by atoms with Crippen LogP contribution in [0.3, 0.4) is 0 Å². The van der Waals surface area contributed by atoms with Crippen molar-refractivity contribution in [2.24, 2.45) is 0 Å². The van der Waals surface area contributed by atoms with E-state index >= 15 is 0 Å². The van der Waals surface area contributed by atoms with Gasteiger partial charge in [0.1, 0.15) is 0 Å². The second-order valence-corrected chi connectivity index (χ2v) is 6.47. The van der Waals surface area contributed by atoms with Crippen molar-refractivity contribution < 1.29 is 9.47 Å². The summed E-state index contributed by atoms with van der Waals surface area (Å²) in [6, 6.07) is 0. The largest absolute Gasteiger partial charge is 0.385 e. The van der Waals surface area contributed by atoms with E-state index in [1.165, 1.54) is 6.42 Å². The second-order valence-electron chi connectivity index (χ2n) is 6.47. The molecule has 0 aliphatic carbocycles. The fraction of sp³-hybridized carbons (Fsp3) is 1.00. The van der Waals surface area contributed by atoms with Gasteiger partial charge in [-0.2, -0.15) is 0 Å². The Morgan fingerprint density at radius 1 is 1.16 bits per heavy atom. The van der Waals surface area contributed by atoms with Gasteiger partial charge in [-0.25, -0.2) is 0 Å². The van der Waals surface area contributed by atoms with Crippen molar-refractivity contribution in [2.45, 2.75) is 51.6 Å². The maximum absolute atomic E-state index is 5.70. The fourth-order valence-corrected chi connectivity index (χ4v) is 2.55. The van der Waals surface area contributed by atoms with Crippen LogP contribution < -0.4 is 5.32 Å². The van der Waals surface area contributed by atoms with Crippen LogP contribution in [0, 0.1) is 0 Å². The normalized spacial score (nSPS) is 27.6. The Kier molecular flexibility index (Phi) is 6.74. The fourth-order valence-electron chi connectivity index (χ4n) is 2.55. The van der Waals surface area contributed by atoms with Crippen molar-refractivity contribution in [1.29, 1.82) is 0 Å². The van der Waals surface area contributed by atoms with E-state index in [1.54, 1.807) is 7.11 Å². The highest BCUT2D eigenvalue weighted by Gasteiger charge is 2.39. The van der Waals surface area contributed by atoms with Crippen LogP contribution in [0.25, 0.3) is 0 Å². The first kappa shape index (κ1) is 16.9. The van der Waals surface area contributed by atoms with E-state index in [2.05, 4.69) is 37.9 Å². The van der Waals surface area contributed by atoms with Crippen molar-refractivity contribution in [3.63, 3.8) is 0 Å². The molecule has 19 heavy (non-hydrogen) atoms. The SMILES string of the molecule is CCC1(C)CNC(C)(C)CN1CCOCCCOC. The molecule has 1 N–H and O–H groups in total. The molecule has 0 amide bonds.